The Labute approximate surface area is 190 Å². The number of hydrogen-bond acceptors (Lipinski definition) is 8. The Morgan fingerprint density at radius 1 is 1.21 bits per heavy atom. The number of nitrogens with one attached hydrogen (secondary N) is 3. The van der Waals surface area contributed by atoms with Crippen LogP contribution in [0.4, 0.5) is 24.5 Å². The van der Waals surface area contributed by atoms with E-state index in [9.17, 15) is 28.4 Å². The zero-order valence-electron chi connectivity index (χ0n) is 17.2. The number of pyridine rings is 1. The van der Waals surface area contributed by atoms with Gasteiger partial charge < -0.3 is 30.8 Å². The highest BCUT2D eigenvalue weighted by Crippen LogP contribution is 2.32. The molecule has 0 aliphatic heterocycles. The largest absolute Gasteiger partial charge is 0.628 e. The zero-order chi connectivity index (χ0) is 24.0. The van der Waals surface area contributed by atoms with Gasteiger partial charge in [-0.15, -0.1) is 0 Å². The Kier molecular flexibility index (Phi) is 7.92. The summed E-state index contributed by atoms with van der Waals surface area (Å²) in [6.07, 6.45) is -3.12. The lowest BCUT2D eigenvalue weighted by Gasteiger charge is -2.28. The van der Waals surface area contributed by atoms with Gasteiger partial charge in [0.05, 0.1) is 28.3 Å². The number of benzene rings is 1. The lowest BCUT2D eigenvalue weighted by molar-refractivity contribution is -0.714. The van der Waals surface area contributed by atoms with Crippen molar-refractivity contribution in [2.24, 2.45) is 0 Å². The zero-order valence-corrected chi connectivity index (χ0v) is 18.0. The van der Waals surface area contributed by atoms with Gasteiger partial charge in [-0.05, 0) is 31.2 Å². The van der Waals surface area contributed by atoms with Gasteiger partial charge in [0.15, 0.2) is 5.69 Å². The molecule has 0 fully saturated rings. The number of carbonyl (C=O) groups is 1. The van der Waals surface area contributed by atoms with Gasteiger partial charge in [0, 0.05) is 31.4 Å². The first-order valence-corrected chi connectivity index (χ1v) is 10.6. The Bertz CT molecular complexity index is 1110. The van der Waals surface area contributed by atoms with E-state index in [0.29, 0.717) is 28.2 Å². The molecular formula is C20H19F3N5O4S-. The van der Waals surface area contributed by atoms with Crippen molar-refractivity contribution < 1.29 is 27.7 Å². The minimum Gasteiger partial charge on any atom is -0.628 e. The number of anilines is 1. The summed E-state index contributed by atoms with van der Waals surface area (Å²) in [6, 6.07) is 7.28. The van der Waals surface area contributed by atoms with Gasteiger partial charge in [-0.2, -0.15) is 13.2 Å². The molecule has 33 heavy (non-hydrogen) atoms. The first kappa shape index (κ1) is 24.5. The summed E-state index contributed by atoms with van der Waals surface area (Å²) in [6.45, 7) is 1.94. The summed E-state index contributed by atoms with van der Waals surface area (Å²) in [4.78, 5) is 16.8. The summed E-state index contributed by atoms with van der Waals surface area (Å²) >= 11 is 1.30. The van der Waals surface area contributed by atoms with Crippen LogP contribution in [0.5, 0.6) is 0 Å². The summed E-state index contributed by atoms with van der Waals surface area (Å²) in [5, 5.41) is 30.4. The number of thioether (sulfide) groups is 1. The third-order valence-electron chi connectivity index (χ3n) is 4.34. The van der Waals surface area contributed by atoms with E-state index >= 15 is 0 Å². The van der Waals surface area contributed by atoms with Crippen LogP contribution in [0.3, 0.4) is 0 Å². The number of halogens is 3. The first-order chi connectivity index (χ1) is 15.6. The molecule has 0 atom stereocenters. The molecule has 0 radical (unpaired) electrons. The second-order valence-electron chi connectivity index (χ2n) is 6.81. The standard InChI is InChI=1S/C20H19F3N5O4S/c1-12-9-14(32-27-12)11-33-19-15(3-2-6-26-19)18(29)25-8-7-24-16-5-4-13(20(21,22)23)10-17(16)28(30)31/h2-6,9-10,24,28H,7-8,11H2,1H3,(H,25,29)/q-1. The molecule has 176 valence electrons. The molecule has 0 saturated heterocycles. The van der Waals surface area contributed by atoms with Crippen molar-refractivity contribution in [3.8, 4) is 0 Å². The number of nitrogens with zero attached hydrogens (tertiary/aromatic N) is 2. The van der Waals surface area contributed by atoms with Crippen LogP contribution in [0.1, 0.15) is 27.4 Å². The lowest BCUT2D eigenvalue weighted by atomic mass is 10.1. The van der Waals surface area contributed by atoms with Crippen LogP contribution in [-0.2, 0) is 11.9 Å². The number of aryl methyl sites for hydroxylation is 1. The summed E-state index contributed by atoms with van der Waals surface area (Å²) < 4.78 is 43.6. The van der Waals surface area contributed by atoms with Crippen molar-refractivity contribution in [2.75, 3.05) is 18.4 Å². The van der Waals surface area contributed by atoms with Gasteiger partial charge >= 0.3 is 6.18 Å². The minimum atomic E-state index is -4.68. The molecule has 1 amide bonds. The van der Waals surface area contributed by atoms with Crippen LogP contribution in [0, 0.1) is 17.3 Å². The van der Waals surface area contributed by atoms with Crippen LogP contribution in [0.2, 0.25) is 0 Å². The fourth-order valence-corrected chi connectivity index (χ4v) is 3.68. The highest BCUT2D eigenvalue weighted by atomic mass is 32.2. The van der Waals surface area contributed by atoms with Gasteiger partial charge in [0.1, 0.15) is 10.8 Å². The second-order valence-corrected chi connectivity index (χ2v) is 7.77. The van der Waals surface area contributed by atoms with Crippen LogP contribution in [0.15, 0.2) is 52.1 Å². The van der Waals surface area contributed by atoms with E-state index in [-0.39, 0.29) is 18.8 Å². The fraction of sp³-hybridized carbons (Fsp3) is 0.250. The van der Waals surface area contributed by atoms with Gasteiger partial charge in [0.25, 0.3) is 5.91 Å². The monoisotopic (exact) mass is 482 g/mol. The SMILES string of the molecule is Cc1cc(CSc2ncccc2C(=O)NCCNc2ccc(C(F)(F)F)cc2[NH+]([O-])[O-])on1. The number of quaternary nitrogens is 1. The Morgan fingerprint density at radius 2 is 2.00 bits per heavy atom. The van der Waals surface area contributed by atoms with E-state index in [1.165, 1.54) is 11.8 Å². The van der Waals surface area contributed by atoms with Crippen LogP contribution >= 0.6 is 11.8 Å². The molecule has 2 aromatic heterocycles. The number of hydrogen-bond donors (Lipinski definition) is 3. The Hall–Kier alpha value is -3.13. The number of amides is 1. The molecular weight excluding hydrogens is 463 g/mol. The van der Waals surface area contributed by atoms with Gasteiger partial charge in [-0.1, -0.05) is 16.9 Å². The third-order valence-corrected chi connectivity index (χ3v) is 5.36. The highest BCUT2D eigenvalue weighted by Gasteiger charge is 2.31. The maximum atomic E-state index is 12.8. The van der Waals surface area contributed by atoms with Crippen LogP contribution in [0.25, 0.3) is 0 Å². The molecule has 0 bridgehead atoms. The van der Waals surface area contributed by atoms with Crippen molar-refractivity contribution in [3.63, 3.8) is 0 Å². The summed E-state index contributed by atoms with van der Waals surface area (Å²) in [5.74, 6) is 0.659. The predicted molar refractivity (Wildman–Crippen MR) is 115 cm³/mol. The number of aromatic nitrogens is 2. The Morgan fingerprint density at radius 3 is 2.67 bits per heavy atom. The smallest absolute Gasteiger partial charge is 0.416 e. The maximum Gasteiger partial charge on any atom is 0.416 e. The van der Waals surface area contributed by atoms with E-state index < -0.39 is 28.6 Å². The van der Waals surface area contributed by atoms with Crippen molar-refractivity contribution in [1.82, 2.24) is 15.5 Å². The average molecular weight is 482 g/mol. The number of rotatable bonds is 9. The van der Waals surface area contributed by atoms with Crippen molar-refractivity contribution in [2.45, 2.75) is 23.9 Å². The lowest BCUT2D eigenvalue weighted by Crippen LogP contribution is -2.96. The second kappa shape index (κ2) is 10.7. The average Bonchev–Trinajstić information content (AvgIpc) is 3.19. The molecule has 0 aliphatic rings. The number of carbonyl (C=O) groups excluding carboxylic acids is 1. The predicted octanol–water partition coefficient (Wildman–Crippen LogP) is 3.04. The van der Waals surface area contributed by atoms with Crippen molar-refractivity contribution >= 4 is 29.0 Å². The number of alkyl halides is 3. The van der Waals surface area contributed by atoms with E-state index in [1.54, 1.807) is 31.3 Å². The quantitative estimate of drug-likeness (QED) is 0.241. The molecule has 0 spiro atoms. The molecule has 9 nitrogen and oxygen atoms in total. The van der Waals surface area contributed by atoms with E-state index in [1.807, 2.05) is 0 Å². The third kappa shape index (κ3) is 6.68. The molecule has 2 heterocycles. The molecule has 0 unspecified atom stereocenters. The van der Waals surface area contributed by atoms with Gasteiger partial charge in [-0.3, -0.25) is 4.79 Å². The summed E-state index contributed by atoms with van der Waals surface area (Å²) in [7, 11) is 0. The van der Waals surface area contributed by atoms with Crippen molar-refractivity contribution in [3.05, 3.63) is 75.6 Å². The van der Waals surface area contributed by atoms with Crippen LogP contribution in [-0.4, -0.2) is 29.1 Å². The molecule has 3 aromatic rings. The molecule has 3 rings (SSSR count). The normalized spacial score (nSPS) is 11.6. The van der Waals surface area contributed by atoms with E-state index in [4.69, 9.17) is 4.52 Å². The van der Waals surface area contributed by atoms with E-state index in [0.717, 1.165) is 17.8 Å². The molecule has 0 saturated carbocycles. The van der Waals surface area contributed by atoms with Crippen LogP contribution < -0.4 is 15.9 Å². The first-order valence-electron chi connectivity index (χ1n) is 9.60. The Balaban J connectivity index is 1.57. The minimum absolute atomic E-state index is 0.0442. The fourth-order valence-electron chi connectivity index (χ4n) is 2.81. The topological polar surface area (TPSA) is 131 Å². The molecule has 3 N–H and O–H groups in total. The maximum absolute atomic E-state index is 12.8. The van der Waals surface area contributed by atoms with E-state index in [2.05, 4.69) is 20.8 Å². The van der Waals surface area contributed by atoms with Gasteiger partial charge in [-0.25, -0.2) is 4.98 Å². The molecule has 1 aromatic carbocycles. The highest BCUT2D eigenvalue weighted by molar-refractivity contribution is 7.98. The van der Waals surface area contributed by atoms with Gasteiger partial charge in [0.2, 0.25) is 0 Å². The van der Waals surface area contributed by atoms with Crippen molar-refractivity contribution in [1.29, 1.82) is 0 Å². The summed E-state index contributed by atoms with van der Waals surface area (Å²) in [5.41, 5.74) is -0.680. The molecule has 0 aliphatic carbocycles. The molecule has 13 heteroatoms.